The van der Waals surface area contributed by atoms with Crippen molar-refractivity contribution >= 4 is 19.8 Å². The Labute approximate surface area is 111 Å². The second-order valence-corrected chi connectivity index (χ2v) is 10.8. The molecule has 0 atom stereocenters. The second-order valence-electron chi connectivity index (χ2n) is 5.68. The first-order valence-electron chi connectivity index (χ1n) is 6.23. The van der Waals surface area contributed by atoms with Gasteiger partial charge in [0.25, 0.3) is 0 Å². The zero-order chi connectivity index (χ0) is 13.3. The molecule has 0 amide bonds. The van der Waals surface area contributed by atoms with Gasteiger partial charge in [-0.2, -0.15) is 0 Å². The molecule has 0 saturated carbocycles. The van der Waals surface area contributed by atoms with E-state index >= 15 is 0 Å². The van der Waals surface area contributed by atoms with Gasteiger partial charge in [0.05, 0.1) is 20.9 Å². The molecule has 96 valence electrons. The van der Waals surface area contributed by atoms with Crippen molar-refractivity contribution in [1.82, 2.24) is 0 Å². The third-order valence-corrected chi connectivity index (χ3v) is 5.27. The fourth-order valence-electron chi connectivity index (χ4n) is 2.16. The van der Waals surface area contributed by atoms with Gasteiger partial charge in [-0.3, -0.25) is 0 Å². The summed E-state index contributed by atoms with van der Waals surface area (Å²) in [6.07, 6.45) is 6.70. The minimum Gasteiger partial charge on any atom is -0.495 e. The number of rotatable bonds is 2. The van der Waals surface area contributed by atoms with E-state index in [1.807, 2.05) is 12.1 Å². The molecule has 2 nitrogen and oxygen atoms in total. The van der Waals surface area contributed by atoms with Gasteiger partial charge in [0.2, 0.25) is 0 Å². The third kappa shape index (κ3) is 2.36. The maximum Gasteiger partial charge on any atom is 0.143 e. The second kappa shape index (κ2) is 4.65. The van der Waals surface area contributed by atoms with E-state index in [1.54, 1.807) is 7.11 Å². The molecule has 1 aliphatic rings. The average Bonchev–Trinajstić information content (AvgIpc) is 2.48. The summed E-state index contributed by atoms with van der Waals surface area (Å²) < 4.78 is 5.47. The first kappa shape index (κ1) is 13.0. The van der Waals surface area contributed by atoms with Crippen molar-refractivity contribution in [3.63, 3.8) is 0 Å². The van der Waals surface area contributed by atoms with Crippen LogP contribution in [0.4, 0.5) is 5.69 Å². The van der Waals surface area contributed by atoms with Crippen molar-refractivity contribution < 1.29 is 4.74 Å². The van der Waals surface area contributed by atoms with Gasteiger partial charge in [-0.05, 0) is 11.3 Å². The van der Waals surface area contributed by atoms with Crippen LogP contribution in [0.3, 0.4) is 0 Å². The summed E-state index contributed by atoms with van der Waals surface area (Å²) in [5.41, 5.74) is 2.35. The van der Waals surface area contributed by atoms with E-state index in [0.29, 0.717) is 0 Å². The zero-order valence-corrected chi connectivity index (χ0v) is 12.8. The normalized spacial score (nSPS) is 14.9. The number of anilines is 1. The van der Waals surface area contributed by atoms with E-state index < -0.39 is 8.07 Å². The van der Waals surface area contributed by atoms with E-state index in [0.717, 1.165) is 11.4 Å². The summed E-state index contributed by atoms with van der Waals surface area (Å²) in [4.78, 5) is 2.18. The highest BCUT2D eigenvalue weighted by Gasteiger charge is 2.21. The highest BCUT2D eigenvalue weighted by atomic mass is 28.3. The van der Waals surface area contributed by atoms with Crippen LogP contribution < -0.4 is 9.64 Å². The quantitative estimate of drug-likeness (QED) is 0.746. The summed E-state index contributed by atoms with van der Waals surface area (Å²) in [5.74, 6) is 0.924. The van der Waals surface area contributed by atoms with Crippen LogP contribution in [-0.4, -0.2) is 22.2 Å². The predicted octanol–water partition coefficient (Wildman–Crippen LogP) is 3.92. The summed E-state index contributed by atoms with van der Waals surface area (Å²) in [7, 11) is 2.51. The molecule has 1 heterocycles. The number of benzene rings is 1. The molecule has 3 heteroatoms. The smallest absolute Gasteiger partial charge is 0.143 e. The van der Waals surface area contributed by atoms with E-state index in [9.17, 15) is 0 Å². The molecule has 2 rings (SSSR count). The van der Waals surface area contributed by atoms with Crippen LogP contribution in [0.25, 0.3) is 6.08 Å². The summed E-state index contributed by atoms with van der Waals surface area (Å²) in [6, 6.07) is 6.18. The van der Waals surface area contributed by atoms with Gasteiger partial charge < -0.3 is 9.64 Å². The molecule has 0 bridgehead atoms. The lowest BCUT2D eigenvalue weighted by atomic mass is 10.1. The molecule has 0 aromatic heterocycles. The van der Waals surface area contributed by atoms with Gasteiger partial charge in [0.15, 0.2) is 0 Å². The molecule has 1 aliphatic heterocycles. The fourth-order valence-corrected chi connectivity index (χ4v) is 3.32. The number of allylic oxidation sites excluding steroid dienone is 2. The maximum absolute atomic E-state index is 5.47. The minimum absolute atomic E-state index is 0.924. The molecule has 0 unspecified atom stereocenters. The number of hydrogen-bond acceptors (Lipinski definition) is 2. The van der Waals surface area contributed by atoms with Gasteiger partial charge in [-0.15, -0.1) is 0 Å². The highest BCUT2D eigenvalue weighted by molar-refractivity contribution is 6.83. The third-order valence-electron chi connectivity index (χ3n) is 3.24. The Kier molecular flexibility index (Phi) is 3.35. The van der Waals surface area contributed by atoms with Crippen LogP contribution in [0, 0.1) is 0 Å². The van der Waals surface area contributed by atoms with Crippen molar-refractivity contribution in [2.45, 2.75) is 19.6 Å². The number of fused-ring (bicyclic) bond motifs is 1. The van der Waals surface area contributed by atoms with Crippen LogP contribution in [0.2, 0.25) is 19.6 Å². The van der Waals surface area contributed by atoms with E-state index in [4.69, 9.17) is 4.74 Å². The topological polar surface area (TPSA) is 12.5 Å². The first-order valence-corrected chi connectivity index (χ1v) is 9.73. The SMILES string of the molecule is COc1cccc2c1N(C)C=C([Si](C)(C)C)C=C2. The molecule has 0 spiro atoms. The minimum atomic E-state index is -1.31. The number of nitrogens with zero attached hydrogens (tertiary/aromatic N) is 1. The van der Waals surface area contributed by atoms with Crippen molar-refractivity contribution in [2.24, 2.45) is 0 Å². The van der Waals surface area contributed by atoms with Gasteiger partial charge >= 0.3 is 0 Å². The lowest BCUT2D eigenvalue weighted by Gasteiger charge is -2.22. The van der Waals surface area contributed by atoms with Crippen LogP contribution in [0.5, 0.6) is 5.75 Å². The van der Waals surface area contributed by atoms with Gasteiger partial charge in [0, 0.05) is 18.8 Å². The Morgan fingerprint density at radius 3 is 2.44 bits per heavy atom. The van der Waals surface area contributed by atoms with Crippen LogP contribution >= 0.6 is 0 Å². The molecule has 0 radical (unpaired) electrons. The maximum atomic E-state index is 5.47. The highest BCUT2D eigenvalue weighted by Crippen LogP contribution is 2.35. The Bertz CT molecular complexity index is 512. The van der Waals surface area contributed by atoms with E-state index in [1.165, 1.54) is 10.8 Å². The predicted molar refractivity (Wildman–Crippen MR) is 81.9 cm³/mol. The van der Waals surface area contributed by atoms with Crippen molar-refractivity contribution in [1.29, 1.82) is 0 Å². The van der Waals surface area contributed by atoms with Crippen LogP contribution in [0.15, 0.2) is 35.7 Å². The van der Waals surface area contributed by atoms with E-state index in [2.05, 4.69) is 56.0 Å². The largest absolute Gasteiger partial charge is 0.495 e. The first-order chi connectivity index (χ1) is 8.43. The number of para-hydroxylation sites is 1. The average molecular weight is 259 g/mol. The Morgan fingerprint density at radius 1 is 1.11 bits per heavy atom. The van der Waals surface area contributed by atoms with Crippen molar-refractivity contribution in [3.8, 4) is 5.75 Å². The lowest BCUT2D eigenvalue weighted by Crippen LogP contribution is -2.25. The lowest BCUT2D eigenvalue weighted by molar-refractivity contribution is 0.415. The number of ether oxygens (including phenoxy) is 1. The Balaban J connectivity index is 2.55. The molecule has 1 aromatic carbocycles. The number of methoxy groups -OCH3 is 1. The molecule has 18 heavy (non-hydrogen) atoms. The molecule has 0 saturated heterocycles. The van der Waals surface area contributed by atoms with Gasteiger partial charge in [0.1, 0.15) is 5.75 Å². The zero-order valence-electron chi connectivity index (χ0n) is 11.8. The van der Waals surface area contributed by atoms with E-state index in [-0.39, 0.29) is 0 Å². The van der Waals surface area contributed by atoms with Crippen molar-refractivity contribution in [2.75, 3.05) is 19.1 Å². The summed E-state index contributed by atoms with van der Waals surface area (Å²) >= 11 is 0. The van der Waals surface area contributed by atoms with Crippen LogP contribution in [-0.2, 0) is 0 Å². The van der Waals surface area contributed by atoms with Gasteiger partial charge in [-0.1, -0.05) is 43.9 Å². The standard InChI is InChI=1S/C15H21NOSi/c1-16-11-13(18(3,4)5)10-9-12-7-6-8-14(17-2)15(12)16/h6-11H,1-5H3. The molecule has 0 fully saturated rings. The van der Waals surface area contributed by atoms with Crippen molar-refractivity contribution in [3.05, 3.63) is 41.2 Å². The summed E-state index contributed by atoms with van der Waals surface area (Å²) in [5, 5.41) is 1.45. The molecule has 0 aliphatic carbocycles. The summed E-state index contributed by atoms with van der Waals surface area (Å²) in [6.45, 7) is 7.10. The fraction of sp³-hybridized carbons (Fsp3) is 0.333. The number of hydrogen-bond donors (Lipinski definition) is 0. The van der Waals surface area contributed by atoms with Crippen LogP contribution in [0.1, 0.15) is 5.56 Å². The Morgan fingerprint density at radius 2 is 1.83 bits per heavy atom. The molecular weight excluding hydrogens is 238 g/mol. The molecule has 0 N–H and O–H groups in total. The molecular formula is C15H21NOSi. The molecule has 1 aromatic rings. The Hall–Kier alpha value is -1.48. The van der Waals surface area contributed by atoms with Gasteiger partial charge in [-0.25, -0.2) is 0 Å². The monoisotopic (exact) mass is 259 g/mol.